The van der Waals surface area contributed by atoms with Gasteiger partial charge in [-0.2, -0.15) is 0 Å². The minimum atomic E-state index is -2.34. The maximum atomic E-state index is 14.2. The molecule has 0 saturated carbocycles. The van der Waals surface area contributed by atoms with Crippen LogP contribution in [0.25, 0.3) is 0 Å². The largest absolute Gasteiger partial charge is 0.410 e. The number of methoxy groups -OCH3 is 1. The average Bonchev–Trinajstić information content (AvgIpc) is 2.90. The SMILES string of the molecule is COCO[C@@H]1/C=C\[C@H](OCc2ccccc2)C(=O)C(C)(C)[C@@H](O[Si](C)(C)C(C)(C)C)[C@H]1OCc1ccccc1. The molecule has 3 rings (SSSR count). The monoisotopic (exact) mass is 554 g/mol. The molecule has 214 valence electrons. The highest BCUT2D eigenvalue weighted by Gasteiger charge is 2.52. The zero-order chi connectivity index (χ0) is 28.7. The third-order valence-corrected chi connectivity index (χ3v) is 12.3. The van der Waals surface area contributed by atoms with Gasteiger partial charge in [-0.1, -0.05) is 101 Å². The first kappa shape index (κ1) is 31.4. The van der Waals surface area contributed by atoms with E-state index in [1.54, 1.807) is 13.2 Å². The van der Waals surface area contributed by atoms with Crippen molar-refractivity contribution >= 4 is 14.1 Å². The van der Waals surface area contributed by atoms with Crippen molar-refractivity contribution in [2.24, 2.45) is 5.41 Å². The number of carbonyl (C=O) groups excluding carboxylic acids is 1. The molecule has 0 N–H and O–H groups in total. The molecule has 0 bridgehead atoms. The van der Waals surface area contributed by atoms with E-state index in [4.69, 9.17) is 23.4 Å². The Labute approximate surface area is 235 Å². The molecular formula is C32H46O6Si. The minimum Gasteiger partial charge on any atom is -0.410 e. The minimum absolute atomic E-state index is 0.0445. The molecule has 7 heteroatoms. The van der Waals surface area contributed by atoms with Crippen LogP contribution in [0.5, 0.6) is 0 Å². The van der Waals surface area contributed by atoms with Crippen molar-refractivity contribution in [1.29, 1.82) is 0 Å². The van der Waals surface area contributed by atoms with Gasteiger partial charge in [0, 0.05) is 7.11 Å². The second-order valence-electron chi connectivity index (χ2n) is 12.3. The van der Waals surface area contributed by atoms with Crippen LogP contribution < -0.4 is 0 Å². The Morgan fingerprint density at radius 2 is 1.36 bits per heavy atom. The number of rotatable bonds is 11. The quantitative estimate of drug-likeness (QED) is 0.175. The third-order valence-electron chi connectivity index (χ3n) is 7.87. The second kappa shape index (κ2) is 13.5. The van der Waals surface area contributed by atoms with E-state index in [0.29, 0.717) is 13.2 Å². The molecule has 2 aromatic rings. The van der Waals surface area contributed by atoms with Gasteiger partial charge in [-0.05, 0) is 35.3 Å². The van der Waals surface area contributed by atoms with E-state index >= 15 is 0 Å². The highest BCUT2D eigenvalue weighted by Crippen LogP contribution is 2.43. The van der Waals surface area contributed by atoms with E-state index < -0.39 is 38.1 Å². The summed E-state index contributed by atoms with van der Waals surface area (Å²) in [6.45, 7) is 15.6. The van der Waals surface area contributed by atoms with E-state index in [1.165, 1.54) is 0 Å². The van der Waals surface area contributed by atoms with Gasteiger partial charge < -0.3 is 23.4 Å². The molecule has 1 aliphatic rings. The standard InChI is InChI=1S/C32H46O6Si/c1-31(2,3)39(7,8)38-30-28(36-22-25-17-13-10-14-18-25)26(37-23-34-6)19-20-27(29(33)32(30,4)5)35-21-24-15-11-9-12-16-24/h9-20,26-28,30H,21-23H2,1-8H3/b20-19-/t26-,27+,28+,30+/m1/s1. The molecular weight excluding hydrogens is 508 g/mol. The first-order valence-electron chi connectivity index (χ1n) is 13.7. The predicted octanol–water partition coefficient (Wildman–Crippen LogP) is 6.70. The smallest absolute Gasteiger partial charge is 0.192 e. The Kier molecular flexibility index (Phi) is 10.9. The van der Waals surface area contributed by atoms with Crippen molar-refractivity contribution in [1.82, 2.24) is 0 Å². The summed E-state index contributed by atoms with van der Waals surface area (Å²) >= 11 is 0. The van der Waals surface area contributed by atoms with E-state index in [1.807, 2.05) is 80.6 Å². The fourth-order valence-electron chi connectivity index (χ4n) is 4.34. The highest BCUT2D eigenvalue weighted by atomic mass is 28.4. The summed E-state index contributed by atoms with van der Waals surface area (Å²) in [5.74, 6) is -0.0445. The van der Waals surface area contributed by atoms with E-state index in [2.05, 4.69) is 33.9 Å². The van der Waals surface area contributed by atoms with Crippen LogP contribution in [0, 0.1) is 5.41 Å². The van der Waals surface area contributed by atoms with Gasteiger partial charge in [0.25, 0.3) is 0 Å². The van der Waals surface area contributed by atoms with E-state index in [9.17, 15) is 4.79 Å². The predicted molar refractivity (Wildman–Crippen MR) is 157 cm³/mol. The summed E-state index contributed by atoms with van der Waals surface area (Å²) in [6.07, 6.45) is 1.27. The van der Waals surface area contributed by atoms with Gasteiger partial charge in [-0.3, -0.25) is 4.79 Å². The van der Waals surface area contributed by atoms with Crippen LogP contribution in [0.1, 0.15) is 45.7 Å². The van der Waals surface area contributed by atoms with Gasteiger partial charge in [0.15, 0.2) is 14.1 Å². The average molecular weight is 555 g/mol. The molecule has 0 heterocycles. The molecule has 1 aliphatic carbocycles. The van der Waals surface area contributed by atoms with Crippen molar-refractivity contribution < 1.29 is 28.2 Å². The lowest BCUT2D eigenvalue weighted by molar-refractivity contribution is -0.175. The summed E-state index contributed by atoms with van der Waals surface area (Å²) in [5, 5.41) is -0.0690. The first-order chi connectivity index (χ1) is 18.4. The van der Waals surface area contributed by atoms with Crippen molar-refractivity contribution in [3.05, 3.63) is 83.9 Å². The summed E-state index contributed by atoms with van der Waals surface area (Å²) in [6, 6.07) is 19.9. The van der Waals surface area contributed by atoms with Gasteiger partial charge in [0.1, 0.15) is 25.1 Å². The number of Topliss-reactive ketones (excluding diaryl/α,β-unsaturated/α-hetero) is 1. The first-order valence-corrected chi connectivity index (χ1v) is 16.6. The molecule has 0 radical (unpaired) electrons. The van der Waals surface area contributed by atoms with Gasteiger partial charge in [-0.15, -0.1) is 0 Å². The van der Waals surface area contributed by atoms with Crippen molar-refractivity contribution in [2.45, 2.75) is 90.4 Å². The molecule has 39 heavy (non-hydrogen) atoms. The number of ketones is 1. The lowest BCUT2D eigenvalue weighted by Gasteiger charge is -2.48. The normalized spacial score (nSPS) is 24.7. The zero-order valence-electron chi connectivity index (χ0n) is 24.8. The van der Waals surface area contributed by atoms with Crippen LogP contribution in [0.4, 0.5) is 0 Å². The molecule has 2 aromatic carbocycles. The van der Waals surface area contributed by atoms with Crippen LogP contribution in [0.2, 0.25) is 18.1 Å². The number of carbonyl (C=O) groups is 1. The van der Waals surface area contributed by atoms with Gasteiger partial charge in [-0.25, -0.2) is 0 Å². The number of hydrogen-bond acceptors (Lipinski definition) is 6. The van der Waals surface area contributed by atoms with Gasteiger partial charge in [0.05, 0.1) is 24.7 Å². The maximum absolute atomic E-state index is 14.2. The Balaban J connectivity index is 2.03. The molecule has 4 atom stereocenters. The Morgan fingerprint density at radius 3 is 1.87 bits per heavy atom. The Morgan fingerprint density at radius 1 is 0.821 bits per heavy atom. The van der Waals surface area contributed by atoms with Crippen LogP contribution in [0.15, 0.2) is 72.8 Å². The van der Waals surface area contributed by atoms with E-state index in [-0.39, 0.29) is 17.6 Å². The van der Waals surface area contributed by atoms with Gasteiger partial charge in [0.2, 0.25) is 0 Å². The fraction of sp³-hybridized carbons (Fsp3) is 0.531. The molecule has 0 amide bonds. The third kappa shape index (κ3) is 8.19. The number of hydrogen-bond donors (Lipinski definition) is 0. The van der Waals surface area contributed by atoms with Crippen LogP contribution in [-0.2, 0) is 41.4 Å². The van der Waals surface area contributed by atoms with Crippen molar-refractivity contribution in [3.63, 3.8) is 0 Å². The van der Waals surface area contributed by atoms with Gasteiger partial charge >= 0.3 is 0 Å². The van der Waals surface area contributed by atoms with Crippen molar-refractivity contribution in [2.75, 3.05) is 13.9 Å². The summed E-state index contributed by atoms with van der Waals surface area (Å²) in [7, 11) is -0.745. The Bertz CT molecular complexity index is 1060. The highest BCUT2D eigenvalue weighted by molar-refractivity contribution is 6.74. The molecule has 6 nitrogen and oxygen atoms in total. The van der Waals surface area contributed by atoms with Crippen LogP contribution in [-0.4, -0.2) is 52.4 Å². The summed E-state index contributed by atoms with van der Waals surface area (Å²) in [5.41, 5.74) is 1.11. The fourth-order valence-corrected chi connectivity index (χ4v) is 5.76. The molecule has 0 spiro atoms. The maximum Gasteiger partial charge on any atom is 0.192 e. The zero-order valence-corrected chi connectivity index (χ0v) is 25.8. The Hall–Kier alpha value is -2.13. The lowest BCUT2D eigenvalue weighted by Crippen LogP contribution is -2.60. The topological polar surface area (TPSA) is 63.2 Å². The van der Waals surface area contributed by atoms with E-state index in [0.717, 1.165) is 11.1 Å². The summed E-state index contributed by atoms with van der Waals surface area (Å²) in [4.78, 5) is 14.2. The molecule has 0 aromatic heterocycles. The molecule has 0 saturated heterocycles. The summed E-state index contributed by atoms with van der Waals surface area (Å²) < 4.78 is 31.3. The molecule has 0 fully saturated rings. The second-order valence-corrected chi connectivity index (χ2v) is 17.0. The van der Waals surface area contributed by atoms with Crippen LogP contribution in [0.3, 0.4) is 0 Å². The molecule has 0 unspecified atom stereocenters. The number of benzene rings is 2. The molecule has 0 aliphatic heterocycles. The lowest BCUT2D eigenvalue weighted by atomic mass is 9.75. The van der Waals surface area contributed by atoms with Crippen molar-refractivity contribution in [3.8, 4) is 0 Å². The van der Waals surface area contributed by atoms with Crippen LogP contribution >= 0.6 is 0 Å². The number of ether oxygens (including phenoxy) is 4.